The summed E-state index contributed by atoms with van der Waals surface area (Å²) in [4.78, 5) is 8.54. The summed E-state index contributed by atoms with van der Waals surface area (Å²) in [5.74, 6) is -31.8. The van der Waals surface area contributed by atoms with Crippen molar-refractivity contribution >= 4 is 7.60 Å². The van der Waals surface area contributed by atoms with E-state index in [0.717, 1.165) is 0 Å². The highest BCUT2D eigenvalue weighted by molar-refractivity contribution is 7.52. The molecule has 0 amide bonds. The van der Waals surface area contributed by atoms with Gasteiger partial charge in [0.2, 0.25) is 0 Å². The normalized spacial score (nSPS) is 18.2. The zero-order chi connectivity index (χ0) is 20.9. The molecule has 0 aliphatic heterocycles. The maximum absolute atomic E-state index is 13.0. The van der Waals surface area contributed by atoms with Crippen LogP contribution in [-0.4, -0.2) is 47.0 Å². The van der Waals surface area contributed by atoms with Crippen molar-refractivity contribution < 1.29 is 71.1 Å². The van der Waals surface area contributed by atoms with E-state index in [2.05, 4.69) is 4.52 Å². The molecule has 0 aromatic rings. The summed E-state index contributed by atoms with van der Waals surface area (Å²) in [5, 5.41) is 0. The van der Waals surface area contributed by atoms with Crippen molar-refractivity contribution in [3.63, 3.8) is 0 Å². The highest BCUT2D eigenvalue weighted by Gasteiger charge is 2.91. The number of halogens is 13. The van der Waals surface area contributed by atoms with Crippen LogP contribution < -0.4 is 0 Å². The Bertz CT molecular complexity index is 540. The number of hydrogen-bond acceptors (Lipinski definition) is 2. The molecular formula is C8H6F13O3P. The second kappa shape index (κ2) is 6.15. The largest absolute Gasteiger partial charge is 0.460 e. The van der Waals surface area contributed by atoms with Gasteiger partial charge in [0.15, 0.2) is 0 Å². The first-order valence-electron chi connectivity index (χ1n) is 5.50. The third kappa shape index (κ3) is 3.70. The second-order valence-corrected chi connectivity index (χ2v) is 6.45. The minimum atomic E-state index is -8.08. The summed E-state index contributed by atoms with van der Waals surface area (Å²) in [6, 6.07) is 0. The van der Waals surface area contributed by atoms with Crippen LogP contribution in [0.25, 0.3) is 0 Å². The van der Waals surface area contributed by atoms with Crippen molar-refractivity contribution in [1.29, 1.82) is 0 Å². The summed E-state index contributed by atoms with van der Waals surface area (Å²) >= 11 is 0. The molecule has 0 spiro atoms. The fourth-order valence-electron chi connectivity index (χ4n) is 1.06. The van der Waals surface area contributed by atoms with E-state index >= 15 is 0 Å². The van der Waals surface area contributed by atoms with Crippen LogP contribution in [0, 0.1) is 0 Å². The predicted molar refractivity (Wildman–Crippen MR) is 52.2 cm³/mol. The van der Waals surface area contributed by atoms with Crippen LogP contribution in [0.3, 0.4) is 0 Å². The standard InChI is InChI=1S/C8H6F13O3P/c1-2-25(22,23)24-8(20,21)6(15,16)4(11,12)3(9,10)5(13,14)7(17,18)19/h2H2,1H3,(H,22,23). The molecule has 0 aliphatic carbocycles. The Morgan fingerprint density at radius 1 is 0.720 bits per heavy atom. The van der Waals surface area contributed by atoms with Crippen molar-refractivity contribution in [3.05, 3.63) is 0 Å². The van der Waals surface area contributed by atoms with E-state index in [1.165, 1.54) is 0 Å². The van der Waals surface area contributed by atoms with Gasteiger partial charge in [0.05, 0.1) is 0 Å². The lowest BCUT2D eigenvalue weighted by Crippen LogP contribution is -2.70. The quantitative estimate of drug-likeness (QED) is 0.464. The van der Waals surface area contributed by atoms with Crippen LogP contribution in [0.1, 0.15) is 6.92 Å². The van der Waals surface area contributed by atoms with Crippen molar-refractivity contribution in [1.82, 2.24) is 0 Å². The van der Waals surface area contributed by atoms with Gasteiger partial charge in [-0.15, -0.1) is 0 Å². The number of hydrogen-bond donors (Lipinski definition) is 1. The minimum Gasteiger partial charge on any atom is -0.324 e. The summed E-state index contributed by atoms with van der Waals surface area (Å²) in [6.07, 6.45) is -16.0. The smallest absolute Gasteiger partial charge is 0.324 e. The highest BCUT2D eigenvalue weighted by Crippen LogP contribution is 2.62. The van der Waals surface area contributed by atoms with Crippen LogP contribution in [-0.2, 0) is 9.09 Å². The molecule has 3 nitrogen and oxygen atoms in total. The summed E-state index contributed by atoms with van der Waals surface area (Å²) in [5.41, 5.74) is 0. The molecule has 0 heterocycles. The van der Waals surface area contributed by atoms with Crippen LogP contribution in [0.5, 0.6) is 0 Å². The van der Waals surface area contributed by atoms with Gasteiger partial charge in [-0.05, 0) is 0 Å². The molecule has 0 bridgehead atoms. The van der Waals surface area contributed by atoms with E-state index < -0.39 is 49.7 Å². The Kier molecular flexibility index (Phi) is 5.96. The molecule has 0 aliphatic rings. The molecule has 0 aromatic carbocycles. The van der Waals surface area contributed by atoms with Gasteiger partial charge in [-0.2, -0.15) is 57.1 Å². The van der Waals surface area contributed by atoms with Crippen molar-refractivity contribution in [2.45, 2.75) is 42.9 Å². The second-order valence-electron chi connectivity index (χ2n) is 4.36. The maximum atomic E-state index is 13.0. The van der Waals surface area contributed by atoms with E-state index in [4.69, 9.17) is 4.89 Å². The van der Waals surface area contributed by atoms with Gasteiger partial charge in [0, 0.05) is 6.16 Å². The summed E-state index contributed by atoms with van der Waals surface area (Å²) in [7, 11) is -5.80. The van der Waals surface area contributed by atoms with Crippen molar-refractivity contribution in [2.24, 2.45) is 0 Å². The Balaban J connectivity index is 6.25. The van der Waals surface area contributed by atoms with Gasteiger partial charge < -0.3 is 4.89 Å². The molecule has 0 fully saturated rings. The average molecular weight is 428 g/mol. The fraction of sp³-hybridized carbons (Fsp3) is 1.00. The Labute approximate surface area is 129 Å². The molecule has 152 valence electrons. The zero-order valence-corrected chi connectivity index (χ0v) is 12.2. The van der Waals surface area contributed by atoms with Crippen LogP contribution in [0.4, 0.5) is 57.1 Å². The molecule has 0 saturated carbocycles. The van der Waals surface area contributed by atoms with Gasteiger partial charge >= 0.3 is 43.6 Å². The van der Waals surface area contributed by atoms with Gasteiger partial charge in [-0.25, -0.2) is 4.52 Å². The molecule has 25 heavy (non-hydrogen) atoms. The molecule has 0 aromatic heterocycles. The zero-order valence-electron chi connectivity index (χ0n) is 11.3. The SMILES string of the molecule is CCP(=O)(O)OC(F)(F)C(F)(F)C(F)(F)C(F)(F)C(F)(F)C(F)(F)F. The van der Waals surface area contributed by atoms with Gasteiger partial charge in [0.1, 0.15) is 0 Å². The van der Waals surface area contributed by atoms with E-state index in [9.17, 15) is 61.6 Å². The Morgan fingerprint density at radius 2 is 1.04 bits per heavy atom. The van der Waals surface area contributed by atoms with E-state index in [0.29, 0.717) is 6.92 Å². The van der Waals surface area contributed by atoms with E-state index in [-0.39, 0.29) is 0 Å². The summed E-state index contributed by atoms with van der Waals surface area (Å²) < 4.78 is 177. The Morgan fingerprint density at radius 3 is 1.32 bits per heavy atom. The van der Waals surface area contributed by atoms with Gasteiger partial charge in [0.25, 0.3) is 0 Å². The lowest BCUT2D eigenvalue weighted by Gasteiger charge is -2.39. The van der Waals surface area contributed by atoms with Crippen LogP contribution in [0.15, 0.2) is 0 Å². The first-order valence-corrected chi connectivity index (χ1v) is 7.26. The molecule has 1 unspecified atom stereocenters. The van der Waals surface area contributed by atoms with Crippen LogP contribution >= 0.6 is 7.60 Å². The van der Waals surface area contributed by atoms with E-state index in [1.807, 2.05) is 0 Å². The third-order valence-electron chi connectivity index (χ3n) is 2.56. The predicted octanol–water partition coefficient (Wildman–Crippen LogP) is 4.90. The molecule has 1 N–H and O–H groups in total. The minimum absolute atomic E-state index is 0.513. The molecular weight excluding hydrogens is 422 g/mol. The highest BCUT2D eigenvalue weighted by atomic mass is 31.2. The Hall–Kier alpha value is -0.760. The topological polar surface area (TPSA) is 46.5 Å². The third-order valence-corrected chi connectivity index (χ3v) is 3.88. The molecule has 1 atom stereocenters. The first-order chi connectivity index (χ1) is 10.5. The fourth-order valence-corrected chi connectivity index (χ4v) is 1.66. The molecule has 0 rings (SSSR count). The van der Waals surface area contributed by atoms with Crippen LogP contribution in [0.2, 0.25) is 0 Å². The van der Waals surface area contributed by atoms with Crippen molar-refractivity contribution in [2.75, 3.05) is 6.16 Å². The average Bonchev–Trinajstić information content (AvgIpc) is 2.35. The molecule has 0 radical (unpaired) electrons. The van der Waals surface area contributed by atoms with Gasteiger partial charge in [-0.1, -0.05) is 6.92 Å². The lowest BCUT2D eigenvalue weighted by molar-refractivity contribution is -0.457. The van der Waals surface area contributed by atoms with Gasteiger partial charge in [-0.3, -0.25) is 4.57 Å². The van der Waals surface area contributed by atoms with Crippen molar-refractivity contribution in [3.8, 4) is 0 Å². The number of rotatable bonds is 7. The van der Waals surface area contributed by atoms with E-state index in [1.54, 1.807) is 0 Å². The first kappa shape index (κ1) is 24.2. The maximum Gasteiger partial charge on any atom is 0.460 e. The number of alkyl halides is 13. The molecule has 0 saturated heterocycles. The molecule has 17 heteroatoms. The lowest BCUT2D eigenvalue weighted by atomic mass is 9.97. The monoisotopic (exact) mass is 428 g/mol. The summed E-state index contributed by atoms with van der Waals surface area (Å²) in [6.45, 7) is 0.513.